The van der Waals surface area contributed by atoms with Gasteiger partial charge in [-0.25, -0.2) is 9.59 Å². The number of fused-ring (bicyclic) bond motifs is 1. The first-order valence-corrected chi connectivity index (χ1v) is 44.2. The predicted octanol–water partition coefficient (Wildman–Crippen LogP) is 20.6. The fourth-order valence-corrected chi connectivity index (χ4v) is 13.1. The second kappa shape index (κ2) is 69.5. The third-order valence-corrected chi connectivity index (χ3v) is 19.2. The highest BCUT2D eigenvalue weighted by atomic mass is 16.8. The maximum atomic E-state index is 13.2. The lowest BCUT2D eigenvalue weighted by Crippen LogP contribution is -2.62. The lowest BCUT2D eigenvalue weighted by atomic mass is 9.97. The van der Waals surface area contributed by atoms with Crippen LogP contribution in [0.4, 0.5) is 0 Å². The fraction of sp³-hybridized carbons (Fsp3) is 0.487. The minimum Gasteiger partial charge on any atom is -0.447 e. The van der Waals surface area contributed by atoms with Crippen LogP contribution in [-0.2, 0) is 66.4 Å². The fourth-order valence-electron chi connectivity index (χ4n) is 13.1. The van der Waals surface area contributed by atoms with Crippen molar-refractivity contribution in [2.75, 3.05) is 26.4 Å². The lowest BCUT2D eigenvalue weighted by molar-refractivity contribution is -0.363. The Morgan fingerprint density at radius 2 is 0.692 bits per heavy atom. The minimum atomic E-state index is -1.65. The highest BCUT2D eigenvalue weighted by Crippen LogP contribution is 2.38. The molecule has 0 amide bonds. The van der Waals surface area contributed by atoms with Gasteiger partial charge in [-0.1, -0.05) is 172 Å². The Bertz CT molecular complexity index is 5920. The molecule has 17 atom stereocenters. The number of ether oxygens (including phenoxy) is 12. The van der Waals surface area contributed by atoms with Gasteiger partial charge in [-0.05, 0) is 257 Å². The van der Waals surface area contributed by atoms with Gasteiger partial charge in [0.05, 0.1) is 38.6 Å². The molecule has 5 aliphatic rings. The molecule has 1 aromatic rings. The van der Waals surface area contributed by atoms with E-state index in [4.69, 9.17) is 56.8 Å². The van der Waals surface area contributed by atoms with E-state index in [1.165, 1.54) is 77.0 Å². The maximum absolute atomic E-state index is 13.2. The van der Waals surface area contributed by atoms with Crippen LogP contribution in [0.2, 0.25) is 0 Å². The average molecular weight is 1880 g/mol. The molecule has 0 radical (unpaired) electrons. The van der Waals surface area contributed by atoms with Crippen LogP contribution >= 0.6 is 0 Å². The van der Waals surface area contributed by atoms with Gasteiger partial charge < -0.3 is 87.5 Å². The van der Waals surface area contributed by atoms with E-state index in [9.17, 15) is 40.2 Å². The van der Waals surface area contributed by atoms with Gasteiger partial charge in [0, 0.05) is 170 Å². The molecule has 5 saturated heterocycles. The van der Waals surface area contributed by atoms with Gasteiger partial charge in [0.1, 0.15) is 61.0 Å². The van der Waals surface area contributed by atoms with Crippen LogP contribution in [-0.4, -0.2) is 179 Å². The van der Waals surface area contributed by atoms with E-state index >= 15 is 0 Å². The molecule has 20 heteroatoms. The number of rotatable bonds is 35. The van der Waals surface area contributed by atoms with Gasteiger partial charge in [0.2, 0.25) is 0 Å². The molecule has 6 N–H and O–H groups in total. The minimum absolute atomic E-state index is 0. The highest BCUT2D eigenvalue weighted by Gasteiger charge is 2.52. The Hall–Kier alpha value is -13.5. The molecular formula is C113H204O20. The van der Waals surface area contributed by atoms with E-state index in [2.05, 4.69) is 310 Å². The van der Waals surface area contributed by atoms with Crippen LogP contribution in [0.5, 0.6) is 0 Å². The van der Waals surface area contributed by atoms with E-state index in [0.29, 0.717) is 12.8 Å². The third-order valence-electron chi connectivity index (χ3n) is 19.2. The van der Waals surface area contributed by atoms with Crippen LogP contribution in [0.15, 0.2) is 30.3 Å². The summed E-state index contributed by atoms with van der Waals surface area (Å²) in [6.07, 6.45) is 7.42. The van der Waals surface area contributed by atoms with Crippen molar-refractivity contribution in [2.24, 2.45) is 0 Å². The first-order chi connectivity index (χ1) is 64.8. The van der Waals surface area contributed by atoms with Crippen LogP contribution < -0.4 is 0 Å². The Morgan fingerprint density at radius 3 is 1.05 bits per heavy atom. The zero-order chi connectivity index (χ0) is 95.7. The first kappa shape index (κ1) is 110. The van der Waals surface area contributed by atoms with E-state index in [1.807, 2.05) is 30.3 Å². The van der Waals surface area contributed by atoms with Crippen molar-refractivity contribution in [1.82, 2.24) is 0 Å². The summed E-state index contributed by atoms with van der Waals surface area (Å²) in [6, 6.07) is 9.27. The molecule has 133 heavy (non-hydrogen) atoms. The predicted molar refractivity (Wildman–Crippen MR) is 603 cm³/mol. The van der Waals surface area contributed by atoms with Crippen molar-refractivity contribution in [2.45, 2.75) is 325 Å². The molecule has 1 aromatic carbocycles. The third kappa shape index (κ3) is 48.8. The summed E-state index contributed by atoms with van der Waals surface area (Å²) in [6.45, 7) is 13.7. The Morgan fingerprint density at radius 1 is 0.376 bits per heavy atom. The normalized spacial score (nSPS) is 21.4. The molecule has 6 rings (SSSR count). The lowest BCUT2D eigenvalue weighted by Gasteiger charge is -2.46. The number of aliphatic hydroxyl groups excluding tert-OH is 6. The first-order valence-electron chi connectivity index (χ1n) is 44.2. The summed E-state index contributed by atoms with van der Waals surface area (Å²) in [4.78, 5) is 26.1. The maximum Gasteiger partial charge on any atom is 0.385 e. The molecule has 776 valence electrons. The molecule has 20 nitrogen and oxygen atoms in total. The zero-order valence-corrected chi connectivity index (χ0v) is 76.4. The SMILES string of the molecule is CC#CC#CC#CC#CC#CC#CC#CC#CC#CC#CC#CC#CC(=O)O[C@@H](COC1OC(CO)C(O)C(O)C1O)[C@@H]1OC(C)(C)O[C@@H]1CCCCCCCCCCCCCC.CC#CC#CC#CC#CC#CC#CC#CC#CC#CC#CC#CC#CC(=O)O[C@@H](COC1OC2COC(c3ccccc3)OC2C(O)C1O)[C@@H]1OC(C)(C)O[C@@H]1CCCCCCC#CCCCCCC.[HH].[HH].[HH].[HH].[HH].[HH].[HH].[HH].[HH].[HH].[HH].[HH].[HH].[HH].[HH].[HH].[HH].[HH].[HH].[HH].[HH].[HH].[HH].[HH].[HH].[HH].[HH].[HH].[HH].[HH].[HH].[HH].[HH].[HH].[HH].[HH].[HH].[HH].[HH].[HH].[HH].[HH].[HH].[HH].[HH].[HH].[HH].[HH]. The van der Waals surface area contributed by atoms with Crippen molar-refractivity contribution in [3.63, 3.8) is 0 Å². The van der Waals surface area contributed by atoms with Crippen molar-refractivity contribution < 1.29 is 166 Å². The van der Waals surface area contributed by atoms with Crippen LogP contribution in [0.1, 0.15) is 290 Å². The van der Waals surface area contributed by atoms with Crippen LogP contribution in [0.3, 0.4) is 0 Å². The molecule has 0 bridgehead atoms. The molecule has 0 aliphatic carbocycles. The molecule has 5 aliphatic heterocycles. The van der Waals surface area contributed by atoms with Crippen molar-refractivity contribution >= 4 is 11.9 Å². The number of carbonyl (C=O) groups is 2. The molecule has 11 unspecified atom stereocenters. The summed E-state index contributed by atoms with van der Waals surface area (Å²) < 4.78 is 72.1. The summed E-state index contributed by atoms with van der Waals surface area (Å²) in [5.74, 6) is 123. The molecule has 5 heterocycles. The second-order valence-corrected chi connectivity index (χ2v) is 30.3. The van der Waals surface area contributed by atoms with Gasteiger partial charge in [-0.3, -0.25) is 0 Å². The Kier molecular flexibility index (Phi) is 57.5. The smallest absolute Gasteiger partial charge is 0.385 e. The monoisotopic (exact) mass is 1880 g/mol. The van der Waals surface area contributed by atoms with E-state index in [0.717, 1.165) is 69.8 Å². The topological polar surface area (TPSA) is 266 Å². The number of hydrogen-bond donors (Lipinski definition) is 6. The molecule has 0 aromatic heterocycles. The van der Waals surface area contributed by atoms with Gasteiger partial charge in [-0.15, -0.1) is 11.8 Å². The van der Waals surface area contributed by atoms with Crippen molar-refractivity contribution in [1.29, 1.82) is 0 Å². The Labute approximate surface area is 859 Å². The van der Waals surface area contributed by atoms with Gasteiger partial charge in [0.25, 0.3) is 0 Å². The van der Waals surface area contributed by atoms with Crippen molar-refractivity contribution in [3.05, 3.63) is 35.9 Å². The summed E-state index contributed by atoms with van der Waals surface area (Å²) >= 11 is 0. The number of carbonyl (C=O) groups excluding carboxylic acids is 2. The van der Waals surface area contributed by atoms with Gasteiger partial charge >= 0.3 is 11.9 Å². The number of esters is 2. The summed E-state index contributed by atoms with van der Waals surface area (Å²) in [5, 5.41) is 63.0. The van der Waals surface area contributed by atoms with Gasteiger partial charge in [0.15, 0.2) is 42.7 Å². The second-order valence-electron chi connectivity index (χ2n) is 30.3. The van der Waals surface area contributed by atoms with Crippen molar-refractivity contribution in [3.8, 4) is 296 Å². The largest absolute Gasteiger partial charge is 0.447 e. The summed E-state index contributed by atoms with van der Waals surface area (Å²) in [7, 11) is 0. The average Bonchev–Trinajstić information content (AvgIpc) is 1.64. The van der Waals surface area contributed by atoms with Crippen LogP contribution in [0.25, 0.3) is 0 Å². The number of unbranched alkanes of at least 4 members (excludes halogenated alkanes) is 19. The van der Waals surface area contributed by atoms with E-state index in [1.54, 1.807) is 41.5 Å². The van der Waals surface area contributed by atoms with Gasteiger partial charge in [-0.2, -0.15) is 0 Å². The molecular weight excluding hydrogens is 1680 g/mol. The highest BCUT2D eigenvalue weighted by molar-refractivity contribution is 5.89. The molecule has 0 saturated carbocycles. The van der Waals surface area contributed by atoms with E-state index in [-0.39, 0.29) is 88.3 Å². The van der Waals surface area contributed by atoms with Crippen LogP contribution in [0, 0.1) is 296 Å². The molecule has 0 spiro atoms. The number of aliphatic hydroxyl groups is 6. The quantitative estimate of drug-likeness (QED) is 0.0160. The molecule has 5 fully saturated rings. The summed E-state index contributed by atoms with van der Waals surface area (Å²) in [5.41, 5.74) is 0.763. The number of hydrogen-bond acceptors (Lipinski definition) is 20. The standard InChI is InChI=1S/C60H54O10.C53H54O10.48H2/c1-5-7-9-11-13-15-17-19-20-21-22-23-24-25-26-27-28-29-31-33-35-37-42-46-53(61)66-51(56-50(69-60(3,4)70-56)45-41-36-34-32-30-18-16-14-12-10-8-6-2)47-65-59-55(63)54(62)57-52(67-59)48-64-58(68-57)49-43-39-38-40-44-49;1-5-7-9-11-13-15-17-19-20-21-22-23-24-25-26-27-28-29-31-33-35-37-39-41-47(55)60-46(43-59-52-50(58)49(57)48(56)45(42-54)61-52)51-44(62-53(3,4)63-51)40-38-36-34-32-30-18-16-14-12-10-8-6-2;;;;;;;;;;;;;;;;;;;;;;;;;;;;;;;;;;;;;;;;;;;;;;;;/h38-40,43-44,50-52,54-59,62-63H,6,8,10,12,14,30,32,34,36,41,45,47-48H2,1-4H3;44-46,48-52,54,56-58H,6,8,10,12,14,16,18,30,32,34,36,38,40,42-43H2,1-4H3;48*1H/t50-,51+,52?,54?,55?,56-,57?,58?,59?;44-,45?,46+,48?,49?,50?,51-,52?;;;;;;;;;;;;;;;;;;;;;;;;;;;;;;;;;;;;;;;;;;;;;;;;/m11................................................/s1. The zero-order valence-electron chi connectivity index (χ0n) is 76.4. The Balaban J connectivity index is -0.0000000391. The van der Waals surface area contributed by atoms with E-state index < -0.39 is 134 Å². The number of benzene rings is 1.